The minimum atomic E-state index is -0.459. The third-order valence-electron chi connectivity index (χ3n) is 5.56. The number of benzene rings is 1. The lowest BCUT2D eigenvalue weighted by Gasteiger charge is -2.22. The van der Waals surface area contributed by atoms with Gasteiger partial charge < -0.3 is 15.0 Å². The number of fused-ring (bicyclic) bond motifs is 1. The molecule has 2 atom stereocenters. The highest BCUT2D eigenvalue weighted by Crippen LogP contribution is 2.36. The van der Waals surface area contributed by atoms with Crippen molar-refractivity contribution in [2.75, 3.05) is 13.1 Å². The highest BCUT2D eigenvalue weighted by atomic mass is 35.5. The Kier molecular flexibility index (Phi) is 4.99. The van der Waals surface area contributed by atoms with Crippen LogP contribution < -0.4 is 5.32 Å². The number of hydrogen-bond donors (Lipinski definition) is 2. The number of rotatable bonds is 3. The number of aliphatic hydroxyl groups excluding tert-OH is 1. The lowest BCUT2D eigenvalue weighted by atomic mass is 10.1. The van der Waals surface area contributed by atoms with Crippen LogP contribution in [0.3, 0.4) is 0 Å². The molecular formula is C19H23ClN6O. The maximum atomic E-state index is 10.7. The van der Waals surface area contributed by atoms with E-state index in [-0.39, 0.29) is 18.4 Å². The van der Waals surface area contributed by atoms with Crippen LogP contribution in [0.15, 0.2) is 42.9 Å². The summed E-state index contributed by atoms with van der Waals surface area (Å²) in [7, 11) is 0. The fraction of sp³-hybridized carbons (Fsp3) is 0.421. The summed E-state index contributed by atoms with van der Waals surface area (Å²) in [6.07, 6.45) is 8.02. The highest BCUT2D eigenvalue weighted by molar-refractivity contribution is 5.85. The molecule has 1 aromatic carbocycles. The molecule has 0 spiro atoms. The molecule has 0 bridgehead atoms. The number of nitrogens with one attached hydrogen (secondary N) is 1. The van der Waals surface area contributed by atoms with Gasteiger partial charge in [0.25, 0.3) is 0 Å². The summed E-state index contributed by atoms with van der Waals surface area (Å²) in [6.45, 7) is 2.03. The van der Waals surface area contributed by atoms with E-state index in [0.29, 0.717) is 12.5 Å². The monoisotopic (exact) mass is 386 g/mol. The van der Waals surface area contributed by atoms with Crippen molar-refractivity contribution in [2.45, 2.75) is 37.5 Å². The van der Waals surface area contributed by atoms with E-state index < -0.39 is 6.10 Å². The molecule has 0 unspecified atom stereocenters. The Hall–Kier alpha value is -2.22. The Morgan fingerprint density at radius 3 is 2.81 bits per heavy atom. The van der Waals surface area contributed by atoms with Crippen LogP contribution in [0, 0.1) is 0 Å². The van der Waals surface area contributed by atoms with Crippen LogP contribution in [-0.2, 0) is 6.42 Å². The van der Waals surface area contributed by atoms with E-state index in [0.717, 1.165) is 43.0 Å². The van der Waals surface area contributed by atoms with Crippen molar-refractivity contribution in [1.29, 1.82) is 0 Å². The van der Waals surface area contributed by atoms with E-state index in [9.17, 15) is 5.11 Å². The van der Waals surface area contributed by atoms with Crippen molar-refractivity contribution in [3.8, 4) is 11.5 Å². The maximum Gasteiger partial charge on any atom is 0.162 e. The van der Waals surface area contributed by atoms with E-state index in [1.165, 1.54) is 5.56 Å². The molecule has 1 aliphatic heterocycles. The fourth-order valence-electron chi connectivity index (χ4n) is 4.25. The fourth-order valence-corrected chi connectivity index (χ4v) is 4.25. The topological polar surface area (TPSA) is 80.8 Å². The van der Waals surface area contributed by atoms with Gasteiger partial charge >= 0.3 is 0 Å². The normalized spacial score (nSPS) is 22.4. The summed E-state index contributed by atoms with van der Waals surface area (Å²) >= 11 is 0. The van der Waals surface area contributed by atoms with Gasteiger partial charge in [-0.25, -0.2) is 9.67 Å². The van der Waals surface area contributed by atoms with Gasteiger partial charge in [-0.1, -0.05) is 29.5 Å². The van der Waals surface area contributed by atoms with Crippen molar-refractivity contribution in [2.24, 2.45) is 0 Å². The van der Waals surface area contributed by atoms with E-state index in [4.69, 9.17) is 0 Å². The minimum absolute atomic E-state index is 0. The molecule has 0 radical (unpaired) electrons. The molecule has 2 N–H and O–H groups in total. The quantitative estimate of drug-likeness (QED) is 0.719. The highest BCUT2D eigenvalue weighted by Gasteiger charge is 2.33. The molecule has 27 heavy (non-hydrogen) atoms. The van der Waals surface area contributed by atoms with Gasteiger partial charge in [0.1, 0.15) is 5.69 Å². The summed E-state index contributed by atoms with van der Waals surface area (Å²) in [4.78, 5) is 4.52. The molecule has 5 rings (SSSR count). The second-order valence-corrected chi connectivity index (χ2v) is 7.14. The van der Waals surface area contributed by atoms with Crippen molar-refractivity contribution in [3.05, 3.63) is 54.0 Å². The van der Waals surface area contributed by atoms with E-state index >= 15 is 0 Å². The predicted octanol–water partition coefficient (Wildman–Crippen LogP) is 1.99. The van der Waals surface area contributed by atoms with Gasteiger partial charge in [-0.15, -0.1) is 17.5 Å². The van der Waals surface area contributed by atoms with Crippen LogP contribution >= 0.6 is 12.4 Å². The Morgan fingerprint density at radius 2 is 1.96 bits per heavy atom. The van der Waals surface area contributed by atoms with Crippen molar-refractivity contribution < 1.29 is 5.11 Å². The molecule has 3 aromatic rings. The minimum Gasteiger partial charge on any atom is -0.390 e. The van der Waals surface area contributed by atoms with Crippen molar-refractivity contribution in [3.63, 3.8) is 0 Å². The zero-order chi connectivity index (χ0) is 17.5. The molecule has 0 amide bonds. The smallest absolute Gasteiger partial charge is 0.162 e. The lowest BCUT2D eigenvalue weighted by Crippen LogP contribution is -2.29. The molecular weight excluding hydrogens is 364 g/mol. The molecule has 1 saturated heterocycles. The summed E-state index contributed by atoms with van der Waals surface area (Å²) < 4.78 is 4.00. The molecule has 1 aliphatic carbocycles. The SMILES string of the molecule is Cl.O[C@H]1Cc2ccccc2[C@H]1n1ccnc1-c1cn(C2CCNCC2)nn1. The molecule has 142 valence electrons. The number of nitrogens with zero attached hydrogens (tertiary/aromatic N) is 5. The van der Waals surface area contributed by atoms with E-state index in [1.807, 2.05) is 33.8 Å². The van der Waals surface area contributed by atoms with Crippen molar-refractivity contribution >= 4 is 12.4 Å². The van der Waals surface area contributed by atoms with E-state index in [2.05, 4.69) is 32.7 Å². The van der Waals surface area contributed by atoms with Crippen LogP contribution in [0.1, 0.15) is 36.1 Å². The zero-order valence-electron chi connectivity index (χ0n) is 14.9. The second-order valence-electron chi connectivity index (χ2n) is 7.14. The largest absolute Gasteiger partial charge is 0.390 e. The average molecular weight is 387 g/mol. The average Bonchev–Trinajstić information content (AvgIpc) is 3.39. The van der Waals surface area contributed by atoms with Gasteiger partial charge in [0, 0.05) is 18.8 Å². The van der Waals surface area contributed by atoms with Gasteiger partial charge in [0.05, 0.1) is 24.4 Å². The first-order chi connectivity index (χ1) is 12.8. The first-order valence-corrected chi connectivity index (χ1v) is 9.23. The van der Waals surface area contributed by atoms with Crippen LogP contribution in [-0.4, -0.2) is 48.8 Å². The molecule has 2 aliphatic rings. The number of halogens is 1. The Balaban J connectivity index is 0.00000180. The summed E-state index contributed by atoms with van der Waals surface area (Å²) in [5, 5.41) is 22.8. The first-order valence-electron chi connectivity index (χ1n) is 9.23. The molecule has 0 saturated carbocycles. The second kappa shape index (κ2) is 7.42. The number of aliphatic hydroxyl groups is 1. The zero-order valence-corrected chi connectivity index (χ0v) is 15.7. The third kappa shape index (κ3) is 3.16. The van der Waals surface area contributed by atoms with Crippen LogP contribution in [0.2, 0.25) is 0 Å². The van der Waals surface area contributed by atoms with Crippen LogP contribution in [0.25, 0.3) is 11.5 Å². The summed E-state index contributed by atoms with van der Waals surface area (Å²) in [6, 6.07) is 8.47. The molecule has 8 heteroatoms. The maximum absolute atomic E-state index is 10.7. The van der Waals surface area contributed by atoms with Crippen LogP contribution in [0.4, 0.5) is 0 Å². The predicted molar refractivity (Wildman–Crippen MR) is 104 cm³/mol. The summed E-state index contributed by atoms with van der Waals surface area (Å²) in [5.74, 6) is 0.755. The molecule has 3 heterocycles. The van der Waals surface area contributed by atoms with Gasteiger partial charge in [-0.05, 0) is 37.1 Å². The number of aromatic nitrogens is 5. The molecule has 2 aromatic heterocycles. The lowest BCUT2D eigenvalue weighted by molar-refractivity contribution is 0.145. The van der Waals surface area contributed by atoms with Gasteiger partial charge in [-0.3, -0.25) is 0 Å². The van der Waals surface area contributed by atoms with Gasteiger partial charge in [0.15, 0.2) is 5.82 Å². The number of hydrogen-bond acceptors (Lipinski definition) is 5. The van der Waals surface area contributed by atoms with Crippen LogP contribution in [0.5, 0.6) is 0 Å². The van der Waals surface area contributed by atoms with Gasteiger partial charge in [-0.2, -0.15) is 0 Å². The Bertz CT molecular complexity index is 916. The van der Waals surface area contributed by atoms with Gasteiger partial charge in [0.2, 0.25) is 0 Å². The van der Waals surface area contributed by atoms with Crippen molar-refractivity contribution in [1.82, 2.24) is 29.9 Å². The Morgan fingerprint density at radius 1 is 1.15 bits per heavy atom. The van der Waals surface area contributed by atoms with E-state index in [1.54, 1.807) is 6.20 Å². The Labute approximate surface area is 163 Å². The molecule has 1 fully saturated rings. The summed E-state index contributed by atoms with van der Waals surface area (Å²) in [5.41, 5.74) is 3.11. The number of imidazole rings is 1. The standard InChI is InChI=1S/C19H22N6O.ClH/c26-17-11-13-3-1-2-4-15(13)18(17)24-10-9-21-19(24)16-12-25(23-22-16)14-5-7-20-8-6-14;/h1-4,9-10,12,14,17-18,20,26H,5-8,11H2;1H/t17-,18+;/m0./s1. The third-order valence-corrected chi connectivity index (χ3v) is 5.56. The molecule has 7 nitrogen and oxygen atoms in total. The first kappa shape index (κ1) is 18.2. The number of piperidine rings is 1.